The summed E-state index contributed by atoms with van der Waals surface area (Å²) in [5, 5.41) is 0. The first-order valence-electron chi connectivity index (χ1n) is 11.3. The van der Waals surface area contributed by atoms with Crippen LogP contribution in [-0.4, -0.2) is 48.7 Å². The van der Waals surface area contributed by atoms with Crippen molar-refractivity contribution in [1.29, 1.82) is 0 Å². The van der Waals surface area contributed by atoms with Crippen LogP contribution in [0.3, 0.4) is 0 Å². The molecule has 4 rings (SSSR count). The monoisotopic (exact) mass is 495 g/mol. The summed E-state index contributed by atoms with van der Waals surface area (Å²) in [6, 6.07) is 14.4. The number of nitrogens with one attached hydrogen (secondary N) is 1. The second kappa shape index (κ2) is 9.58. The number of imidazole rings is 1. The summed E-state index contributed by atoms with van der Waals surface area (Å²) >= 11 is 0. The predicted octanol–water partition coefficient (Wildman–Crippen LogP) is 4.05. The zero-order chi connectivity index (χ0) is 25.3. The number of sulfone groups is 1. The van der Waals surface area contributed by atoms with Gasteiger partial charge in [0.05, 0.1) is 42.2 Å². The number of methoxy groups -OCH3 is 1. The number of aromatic nitrogens is 3. The molecule has 0 fully saturated rings. The van der Waals surface area contributed by atoms with Crippen LogP contribution in [0.1, 0.15) is 29.8 Å². The van der Waals surface area contributed by atoms with Gasteiger partial charge in [-0.15, -0.1) is 0 Å². The highest BCUT2D eigenvalue weighted by Crippen LogP contribution is 2.31. The van der Waals surface area contributed by atoms with Crippen molar-refractivity contribution < 1.29 is 17.9 Å². The van der Waals surface area contributed by atoms with Crippen LogP contribution >= 0.6 is 0 Å². The highest BCUT2D eigenvalue weighted by molar-refractivity contribution is 7.90. The number of pyridine rings is 1. The molecule has 8 nitrogen and oxygen atoms in total. The van der Waals surface area contributed by atoms with E-state index in [-0.39, 0.29) is 11.6 Å². The van der Waals surface area contributed by atoms with Gasteiger partial charge in [-0.2, -0.15) is 0 Å². The summed E-state index contributed by atoms with van der Waals surface area (Å²) in [5.41, 5.74) is 5.52. The number of fused-ring (bicyclic) bond motifs is 1. The van der Waals surface area contributed by atoms with Crippen molar-refractivity contribution in [3.8, 4) is 22.8 Å². The Kier molecular flexibility index (Phi) is 6.71. The molecule has 184 valence electrons. The fourth-order valence-corrected chi connectivity index (χ4v) is 5.24. The fourth-order valence-electron chi connectivity index (χ4n) is 4.35. The highest BCUT2D eigenvalue weighted by atomic mass is 32.2. The summed E-state index contributed by atoms with van der Waals surface area (Å²) in [6.45, 7) is 6.27. The molecular formula is C26H29N3O5S. The summed E-state index contributed by atoms with van der Waals surface area (Å²) in [6.07, 6.45) is 1.14. The molecule has 0 aliphatic rings. The molecule has 0 spiro atoms. The summed E-state index contributed by atoms with van der Waals surface area (Å²) < 4.78 is 37.1. The molecule has 0 saturated carbocycles. The molecule has 1 N–H and O–H groups in total. The van der Waals surface area contributed by atoms with Crippen molar-refractivity contribution in [2.45, 2.75) is 26.8 Å². The van der Waals surface area contributed by atoms with Gasteiger partial charge in [0.25, 0.3) is 5.88 Å². The Bertz CT molecular complexity index is 1550. The molecule has 0 radical (unpaired) electrons. The van der Waals surface area contributed by atoms with Gasteiger partial charge in [-0.05, 0) is 61.7 Å². The maximum absolute atomic E-state index is 13.2. The van der Waals surface area contributed by atoms with Crippen LogP contribution in [0.4, 0.5) is 0 Å². The molecule has 4 aromatic rings. The summed E-state index contributed by atoms with van der Waals surface area (Å²) in [7, 11) is -1.97. The van der Waals surface area contributed by atoms with Gasteiger partial charge in [0, 0.05) is 6.26 Å². The van der Waals surface area contributed by atoms with Gasteiger partial charge in [-0.1, -0.05) is 29.8 Å². The zero-order valence-electron chi connectivity index (χ0n) is 20.5. The molecule has 2 aromatic carbocycles. The largest absolute Gasteiger partial charge is 0.491 e. The zero-order valence-corrected chi connectivity index (χ0v) is 21.3. The molecule has 0 bridgehead atoms. The quantitative estimate of drug-likeness (QED) is 0.396. The number of hydrogen-bond donors (Lipinski definition) is 1. The maximum Gasteiger partial charge on any atom is 0.327 e. The Morgan fingerprint density at radius 3 is 2.51 bits per heavy atom. The third-order valence-corrected chi connectivity index (χ3v) is 6.79. The average Bonchev–Trinajstić information content (AvgIpc) is 3.11. The van der Waals surface area contributed by atoms with Gasteiger partial charge in [0.15, 0.2) is 5.75 Å². The third-order valence-electron chi connectivity index (χ3n) is 5.87. The van der Waals surface area contributed by atoms with E-state index in [2.05, 4.69) is 22.1 Å². The van der Waals surface area contributed by atoms with Gasteiger partial charge in [0.1, 0.15) is 9.84 Å². The van der Waals surface area contributed by atoms with Crippen molar-refractivity contribution in [3.05, 3.63) is 75.8 Å². The third kappa shape index (κ3) is 5.09. The van der Waals surface area contributed by atoms with Crippen LogP contribution in [0.2, 0.25) is 0 Å². The molecule has 35 heavy (non-hydrogen) atoms. The first-order chi connectivity index (χ1) is 16.6. The average molecular weight is 496 g/mol. The molecule has 0 amide bonds. The molecule has 0 aliphatic heterocycles. The molecule has 9 heteroatoms. The van der Waals surface area contributed by atoms with Gasteiger partial charge < -0.3 is 14.5 Å². The SMILES string of the molecule is CCOc1nc([C@@H](CS(C)(=O)=O)n2c(=O)[nH]c3cc(-c4ccc(C)cc4C)ccc32)ccc1OC. The van der Waals surface area contributed by atoms with Crippen molar-refractivity contribution >= 4 is 20.9 Å². The Morgan fingerprint density at radius 2 is 1.86 bits per heavy atom. The van der Waals surface area contributed by atoms with Crippen LogP contribution in [0, 0.1) is 13.8 Å². The number of aryl methyl sites for hydroxylation is 2. The second-order valence-corrected chi connectivity index (χ2v) is 10.8. The molecule has 2 aromatic heterocycles. The molecule has 0 unspecified atom stereocenters. The van der Waals surface area contributed by atoms with Crippen molar-refractivity contribution in [1.82, 2.24) is 14.5 Å². The van der Waals surface area contributed by atoms with Crippen molar-refractivity contribution in [3.63, 3.8) is 0 Å². The van der Waals surface area contributed by atoms with Gasteiger partial charge in [-0.25, -0.2) is 18.2 Å². The van der Waals surface area contributed by atoms with E-state index >= 15 is 0 Å². The van der Waals surface area contributed by atoms with Crippen LogP contribution in [-0.2, 0) is 9.84 Å². The Hall–Kier alpha value is -3.59. The number of rotatable bonds is 8. The lowest BCUT2D eigenvalue weighted by Crippen LogP contribution is -2.29. The lowest BCUT2D eigenvalue weighted by atomic mass is 9.98. The molecule has 0 saturated heterocycles. The minimum Gasteiger partial charge on any atom is -0.491 e. The molecule has 0 aliphatic carbocycles. The minimum atomic E-state index is -3.47. The normalized spacial score (nSPS) is 12.6. The van der Waals surface area contributed by atoms with Gasteiger partial charge >= 0.3 is 5.69 Å². The Labute approximate surface area is 204 Å². The number of ether oxygens (including phenoxy) is 2. The first-order valence-corrected chi connectivity index (χ1v) is 13.3. The summed E-state index contributed by atoms with van der Waals surface area (Å²) in [4.78, 5) is 20.6. The van der Waals surface area contributed by atoms with E-state index in [1.165, 1.54) is 17.2 Å². The molecule has 2 heterocycles. The van der Waals surface area contributed by atoms with E-state index in [1.54, 1.807) is 12.1 Å². The smallest absolute Gasteiger partial charge is 0.327 e. The van der Waals surface area contributed by atoms with E-state index < -0.39 is 21.6 Å². The van der Waals surface area contributed by atoms with Crippen LogP contribution in [0.5, 0.6) is 11.6 Å². The van der Waals surface area contributed by atoms with E-state index in [4.69, 9.17) is 9.47 Å². The van der Waals surface area contributed by atoms with Gasteiger partial charge in [-0.3, -0.25) is 4.57 Å². The first kappa shape index (κ1) is 24.5. The van der Waals surface area contributed by atoms with Crippen LogP contribution in [0.15, 0.2) is 53.3 Å². The number of nitrogens with zero attached hydrogens (tertiary/aromatic N) is 2. The van der Waals surface area contributed by atoms with Crippen LogP contribution < -0.4 is 15.2 Å². The minimum absolute atomic E-state index is 0.246. The fraction of sp³-hybridized carbons (Fsp3) is 0.308. The lowest BCUT2D eigenvalue weighted by molar-refractivity contribution is 0.296. The predicted molar refractivity (Wildman–Crippen MR) is 137 cm³/mol. The second-order valence-electron chi connectivity index (χ2n) is 8.64. The Morgan fingerprint density at radius 1 is 1.09 bits per heavy atom. The standard InChI is InChI=1S/C26H29N3O5S/c1-6-34-25-24(33-4)12-10-20(27-25)23(15-35(5,31)32)29-22-11-8-18(14-21(22)28-26(29)30)19-9-7-16(2)13-17(19)3/h7-14,23H,6,15H2,1-5H3,(H,28,30)/t23-/m1/s1. The van der Waals surface area contributed by atoms with E-state index in [1.807, 2.05) is 45.0 Å². The van der Waals surface area contributed by atoms with Crippen molar-refractivity contribution in [2.75, 3.05) is 25.7 Å². The number of benzene rings is 2. The highest BCUT2D eigenvalue weighted by Gasteiger charge is 2.26. The number of H-pyrrole nitrogens is 1. The molecular weight excluding hydrogens is 466 g/mol. The maximum atomic E-state index is 13.2. The molecule has 1 atom stereocenters. The van der Waals surface area contributed by atoms with Crippen molar-refractivity contribution in [2.24, 2.45) is 0 Å². The van der Waals surface area contributed by atoms with E-state index in [9.17, 15) is 13.2 Å². The van der Waals surface area contributed by atoms with E-state index in [0.717, 1.165) is 22.9 Å². The summed E-state index contributed by atoms with van der Waals surface area (Å²) in [5.74, 6) is 0.373. The van der Waals surface area contributed by atoms with Gasteiger partial charge in [0.2, 0.25) is 0 Å². The lowest BCUT2D eigenvalue weighted by Gasteiger charge is -2.19. The number of hydrogen-bond acceptors (Lipinski definition) is 6. The van der Waals surface area contributed by atoms with E-state index in [0.29, 0.717) is 29.1 Å². The number of aromatic amines is 1. The Balaban J connectivity index is 1.88. The topological polar surface area (TPSA) is 103 Å². The van der Waals surface area contributed by atoms with Crippen LogP contribution in [0.25, 0.3) is 22.2 Å².